The quantitative estimate of drug-likeness (QED) is 0.385. The van der Waals surface area contributed by atoms with Crippen LogP contribution in [0.15, 0.2) is 16.6 Å². The summed E-state index contributed by atoms with van der Waals surface area (Å²) >= 11 is 1.74. The lowest BCUT2D eigenvalue weighted by Crippen LogP contribution is -2.45. The Bertz CT molecular complexity index is 498. The molecule has 0 fully saturated rings. The summed E-state index contributed by atoms with van der Waals surface area (Å²) in [5.74, 6) is -0.592. The third-order valence-electron chi connectivity index (χ3n) is 3.74. The summed E-state index contributed by atoms with van der Waals surface area (Å²) in [6.45, 7) is 4.59. The Morgan fingerprint density at radius 1 is 1.74 bits per heavy atom. The summed E-state index contributed by atoms with van der Waals surface area (Å²) in [5, 5.41) is 13.8. The molecule has 2 heterocycles. The molecule has 5 nitrogen and oxygen atoms in total. The van der Waals surface area contributed by atoms with Crippen molar-refractivity contribution in [3.05, 3.63) is 21.9 Å². The third-order valence-corrected chi connectivity index (χ3v) is 4.74. The fourth-order valence-electron chi connectivity index (χ4n) is 2.59. The molecular weight excluding hydrogens is 262 g/mol. The second-order valence-electron chi connectivity index (χ2n) is 4.74. The van der Waals surface area contributed by atoms with Crippen molar-refractivity contribution in [3.63, 3.8) is 0 Å². The van der Waals surface area contributed by atoms with Crippen LogP contribution in [-0.2, 0) is 11.2 Å². The Morgan fingerprint density at radius 2 is 2.47 bits per heavy atom. The molecule has 0 radical (unpaired) electrons. The SMILES string of the molecule is CCC(C(=O)N1CCc2sccc2C1C)C(N)=NO. The van der Waals surface area contributed by atoms with Gasteiger partial charge in [-0.2, -0.15) is 0 Å². The number of nitrogens with two attached hydrogens (primary N) is 1. The molecule has 2 rings (SSSR count). The molecule has 0 spiro atoms. The highest BCUT2D eigenvalue weighted by atomic mass is 32.1. The van der Waals surface area contributed by atoms with E-state index >= 15 is 0 Å². The van der Waals surface area contributed by atoms with Gasteiger partial charge in [-0.15, -0.1) is 11.3 Å². The lowest BCUT2D eigenvalue weighted by molar-refractivity contribution is -0.136. The molecule has 0 bridgehead atoms. The molecule has 3 N–H and O–H groups in total. The molecule has 0 saturated heterocycles. The van der Waals surface area contributed by atoms with Crippen molar-refractivity contribution in [2.45, 2.75) is 32.7 Å². The van der Waals surface area contributed by atoms with E-state index in [1.165, 1.54) is 10.4 Å². The number of carbonyl (C=O) groups excluding carboxylic acids is 1. The molecule has 2 unspecified atom stereocenters. The molecular formula is C13H19N3O2S. The van der Waals surface area contributed by atoms with Gasteiger partial charge in [0.25, 0.3) is 0 Å². The molecule has 1 amide bonds. The molecule has 1 aromatic rings. The first-order valence-corrected chi connectivity index (χ1v) is 7.32. The predicted molar refractivity (Wildman–Crippen MR) is 75.3 cm³/mol. The minimum Gasteiger partial charge on any atom is -0.409 e. The van der Waals surface area contributed by atoms with Gasteiger partial charge in [-0.1, -0.05) is 12.1 Å². The summed E-state index contributed by atoms with van der Waals surface area (Å²) in [7, 11) is 0. The zero-order valence-electron chi connectivity index (χ0n) is 11.2. The van der Waals surface area contributed by atoms with E-state index in [1.54, 1.807) is 11.3 Å². The van der Waals surface area contributed by atoms with Crippen LogP contribution in [0.4, 0.5) is 0 Å². The first-order chi connectivity index (χ1) is 9.10. The van der Waals surface area contributed by atoms with Crippen LogP contribution in [0.25, 0.3) is 0 Å². The standard InChI is InChI=1S/C13H19N3O2S/c1-3-9(12(14)15-18)13(17)16-6-4-11-10(8(16)2)5-7-19-11/h5,7-9,18H,3-4,6H2,1-2H3,(H2,14,15). The number of nitrogens with zero attached hydrogens (tertiary/aromatic N) is 2. The summed E-state index contributed by atoms with van der Waals surface area (Å²) < 4.78 is 0. The topological polar surface area (TPSA) is 78.9 Å². The normalized spacial score (nSPS) is 21.1. The highest BCUT2D eigenvalue weighted by Gasteiger charge is 2.33. The van der Waals surface area contributed by atoms with E-state index in [4.69, 9.17) is 10.9 Å². The molecule has 1 aliphatic rings. The minimum absolute atomic E-state index is 0.00387. The lowest BCUT2D eigenvalue weighted by Gasteiger charge is -2.35. The molecule has 0 saturated carbocycles. The van der Waals surface area contributed by atoms with Crippen LogP contribution in [-0.4, -0.2) is 28.4 Å². The van der Waals surface area contributed by atoms with E-state index in [1.807, 2.05) is 18.7 Å². The Balaban J connectivity index is 2.21. The van der Waals surface area contributed by atoms with E-state index in [-0.39, 0.29) is 17.8 Å². The Kier molecular flexibility index (Phi) is 4.09. The van der Waals surface area contributed by atoms with Gasteiger partial charge >= 0.3 is 0 Å². The van der Waals surface area contributed by atoms with Crippen LogP contribution in [0.2, 0.25) is 0 Å². The number of amidine groups is 1. The van der Waals surface area contributed by atoms with Gasteiger partial charge in [0.05, 0.1) is 12.0 Å². The molecule has 0 aromatic carbocycles. The van der Waals surface area contributed by atoms with Crippen molar-refractivity contribution in [1.82, 2.24) is 4.90 Å². The van der Waals surface area contributed by atoms with E-state index in [0.29, 0.717) is 13.0 Å². The number of amides is 1. The van der Waals surface area contributed by atoms with Gasteiger partial charge in [0, 0.05) is 11.4 Å². The maximum atomic E-state index is 12.5. The van der Waals surface area contributed by atoms with Gasteiger partial charge in [0.15, 0.2) is 5.84 Å². The molecule has 0 aliphatic carbocycles. The van der Waals surface area contributed by atoms with Gasteiger partial charge in [0.2, 0.25) is 5.91 Å². The van der Waals surface area contributed by atoms with Crippen LogP contribution in [0.1, 0.15) is 36.8 Å². The van der Waals surface area contributed by atoms with E-state index in [0.717, 1.165) is 6.42 Å². The smallest absolute Gasteiger partial charge is 0.233 e. The molecule has 1 aliphatic heterocycles. The zero-order chi connectivity index (χ0) is 14.0. The fraction of sp³-hybridized carbons (Fsp3) is 0.538. The highest BCUT2D eigenvalue weighted by molar-refractivity contribution is 7.10. The molecule has 2 atom stereocenters. The summed E-state index contributed by atoms with van der Waals surface area (Å²) in [6.07, 6.45) is 1.42. The molecule has 6 heteroatoms. The molecule has 19 heavy (non-hydrogen) atoms. The average molecular weight is 281 g/mol. The Labute approximate surface area is 116 Å². The monoisotopic (exact) mass is 281 g/mol. The Morgan fingerprint density at radius 3 is 3.11 bits per heavy atom. The maximum absolute atomic E-state index is 12.5. The zero-order valence-corrected chi connectivity index (χ0v) is 12.0. The number of rotatable bonds is 3. The van der Waals surface area contributed by atoms with Gasteiger partial charge in [0.1, 0.15) is 0 Å². The number of carbonyl (C=O) groups is 1. The average Bonchev–Trinajstić information content (AvgIpc) is 2.88. The first-order valence-electron chi connectivity index (χ1n) is 6.44. The largest absolute Gasteiger partial charge is 0.409 e. The van der Waals surface area contributed by atoms with Crippen LogP contribution in [0.5, 0.6) is 0 Å². The molecule has 104 valence electrons. The van der Waals surface area contributed by atoms with Gasteiger partial charge < -0.3 is 15.8 Å². The second-order valence-corrected chi connectivity index (χ2v) is 5.74. The van der Waals surface area contributed by atoms with Gasteiger partial charge in [-0.05, 0) is 36.8 Å². The van der Waals surface area contributed by atoms with E-state index < -0.39 is 5.92 Å². The number of hydrogen-bond donors (Lipinski definition) is 2. The number of fused-ring (bicyclic) bond motifs is 1. The first kappa shape index (κ1) is 13.9. The number of thiophene rings is 1. The minimum atomic E-state index is -0.535. The number of oxime groups is 1. The van der Waals surface area contributed by atoms with Crippen molar-refractivity contribution in [2.75, 3.05) is 6.54 Å². The van der Waals surface area contributed by atoms with E-state index in [2.05, 4.69) is 16.6 Å². The summed E-state index contributed by atoms with van der Waals surface area (Å²) in [6, 6.07) is 2.14. The van der Waals surface area contributed by atoms with Crippen molar-refractivity contribution in [1.29, 1.82) is 0 Å². The van der Waals surface area contributed by atoms with Crippen LogP contribution in [0, 0.1) is 5.92 Å². The van der Waals surface area contributed by atoms with Crippen LogP contribution in [0.3, 0.4) is 0 Å². The number of hydrogen-bond acceptors (Lipinski definition) is 4. The summed E-state index contributed by atoms with van der Waals surface area (Å²) in [5.41, 5.74) is 6.83. The Hall–Kier alpha value is -1.56. The second kappa shape index (κ2) is 5.61. The van der Waals surface area contributed by atoms with E-state index in [9.17, 15) is 4.79 Å². The fourth-order valence-corrected chi connectivity index (χ4v) is 3.55. The van der Waals surface area contributed by atoms with Crippen molar-refractivity contribution < 1.29 is 10.0 Å². The van der Waals surface area contributed by atoms with Crippen molar-refractivity contribution >= 4 is 23.1 Å². The molecule has 1 aromatic heterocycles. The van der Waals surface area contributed by atoms with Crippen LogP contribution >= 0.6 is 11.3 Å². The highest BCUT2D eigenvalue weighted by Crippen LogP contribution is 2.33. The third kappa shape index (κ3) is 2.45. The predicted octanol–water partition coefficient (Wildman–Crippen LogP) is 1.97. The van der Waals surface area contributed by atoms with Gasteiger partial charge in [-0.25, -0.2) is 0 Å². The van der Waals surface area contributed by atoms with Gasteiger partial charge in [-0.3, -0.25) is 4.79 Å². The van der Waals surface area contributed by atoms with Crippen molar-refractivity contribution in [3.8, 4) is 0 Å². The maximum Gasteiger partial charge on any atom is 0.233 e. The van der Waals surface area contributed by atoms with Crippen molar-refractivity contribution in [2.24, 2.45) is 16.8 Å². The van der Waals surface area contributed by atoms with Crippen LogP contribution < -0.4 is 5.73 Å². The summed E-state index contributed by atoms with van der Waals surface area (Å²) in [4.78, 5) is 15.7. The lowest BCUT2D eigenvalue weighted by atomic mass is 9.97.